The van der Waals surface area contributed by atoms with E-state index in [9.17, 15) is 5.11 Å². The van der Waals surface area contributed by atoms with Crippen LogP contribution in [0.25, 0.3) is 0 Å². The van der Waals surface area contributed by atoms with Crippen LogP contribution in [0.3, 0.4) is 0 Å². The second-order valence-electron chi connectivity index (χ2n) is 3.84. The van der Waals surface area contributed by atoms with E-state index in [0.29, 0.717) is 0 Å². The van der Waals surface area contributed by atoms with Crippen LogP contribution in [0.2, 0.25) is 0 Å². The minimum absolute atomic E-state index is 0.258. The highest BCUT2D eigenvalue weighted by molar-refractivity contribution is 5.29. The minimum Gasteiger partial charge on any atom is -0.388 e. The van der Waals surface area contributed by atoms with Gasteiger partial charge in [0.05, 0.1) is 6.10 Å². The molecule has 0 radical (unpaired) electrons. The third-order valence-corrected chi connectivity index (χ3v) is 2.78. The van der Waals surface area contributed by atoms with E-state index in [1.54, 1.807) is 0 Å². The summed E-state index contributed by atoms with van der Waals surface area (Å²) < 4.78 is 0. The molecular formula is C13H16O. The summed E-state index contributed by atoms with van der Waals surface area (Å²) in [5.41, 5.74) is 1.08. The highest BCUT2D eigenvalue weighted by atomic mass is 16.3. The number of hydrogen-bond acceptors (Lipinski definition) is 1. The molecule has 1 heteroatoms. The maximum Gasteiger partial charge on any atom is 0.0852 e. The van der Waals surface area contributed by atoms with Gasteiger partial charge in [-0.25, -0.2) is 0 Å². The Hall–Kier alpha value is -1.08. The lowest BCUT2D eigenvalue weighted by molar-refractivity contribution is 0.168. The average Bonchev–Trinajstić information content (AvgIpc) is 2.30. The SMILES string of the molecule is OC(C1=CCCC=C1)C1C=CC=CC1. The van der Waals surface area contributed by atoms with Gasteiger partial charge in [0.2, 0.25) is 0 Å². The van der Waals surface area contributed by atoms with E-state index in [2.05, 4.69) is 30.4 Å². The maximum atomic E-state index is 10.1. The molecule has 2 unspecified atom stereocenters. The third-order valence-electron chi connectivity index (χ3n) is 2.78. The Morgan fingerprint density at radius 2 is 2.14 bits per heavy atom. The monoisotopic (exact) mass is 188 g/mol. The molecule has 0 aromatic heterocycles. The van der Waals surface area contributed by atoms with Gasteiger partial charge in [-0.05, 0) is 24.8 Å². The van der Waals surface area contributed by atoms with Crippen molar-refractivity contribution in [3.05, 3.63) is 48.1 Å². The predicted molar refractivity (Wildman–Crippen MR) is 58.9 cm³/mol. The zero-order valence-electron chi connectivity index (χ0n) is 8.26. The maximum absolute atomic E-state index is 10.1. The number of rotatable bonds is 2. The Morgan fingerprint density at radius 3 is 2.79 bits per heavy atom. The Kier molecular flexibility index (Phi) is 3.00. The molecule has 2 aliphatic carbocycles. The summed E-state index contributed by atoms with van der Waals surface area (Å²) in [4.78, 5) is 0. The molecule has 74 valence electrons. The van der Waals surface area contributed by atoms with Gasteiger partial charge in [-0.2, -0.15) is 0 Å². The molecule has 0 saturated heterocycles. The van der Waals surface area contributed by atoms with Crippen LogP contribution in [0.4, 0.5) is 0 Å². The zero-order valence-corrected chi connectivity index (χ0v) is 8.26. The first-order valence-corrected chi connectivity index (χ1v) is 5.26. The Labute approximate surface area is 85.1 Å². The summed E-state index contributed by atoms with van der Waals surface area (Å²) in [5, 5.41) is 10.1. The minimum atomic E-state index is -0.326. The molecule has 2 rings (SSSR count). The van der Waals surface area contributed by atoms with E-state index >= 15 is 0 Å². The van der Waals surface area contributed by atoms with Gasteiger partial charge in [0.25, 0.3) is 0 Å². The van der Waals surface area contributed by atoms with Crippen molar-refractivity contribution >= 4 is 0 Å². The van der Waals surface area contributed by atoms with Crippen LogP contribution in [0, 0.1) is 5.92 Å². The fraction of sp³-hybridized carbons (Fsp3) is 0.385. The fourth-order valence-electron chi connectivity index (χ4n) is 1.93. The van der Waals surface area contributed by atoms with Crippen molar-refractivity contribution in [2.45, 2.75) is 25.4 Å². The van der Waals surface area contributed by atoms with Gasteiger partial charge < -0.3 is 5.11 Å². The number of aliphatic hydroxyl groups is 1. The lowest BCUT2D eigenvalue weighted by Crippen LogP contribution is -2.21. The summed E-state index contributed by atoms with van der Waals surface area (Å²) in [6, 6.07) is 0. The van der Waals surface area contributed by atoms with Crippen LogP contribution in [0.1, 0.15) is 19.3 Å². The fourth-order valence-corrected chi connectivity index (χ4v) is 1.93. The first kappa shape index (κ1) is 9.47. The van der Waals surface area contributed by atoms with Crippen molar-refractivity contribution in [1.29, 1.82) is 0 Å². The lowest BCUT2D eigenvalue weighted by Gasteiger charge is -2.22. The zero-order chi connectivity index (χ0) is 9.80. The molecule has 0 spiro atoms. The standard InChI is InChI=1S/C13H16O/c14-13(11-7-3-1-4-8-11)12-9-5-2-6-10-12/h1,3-5,7,9-11,13-14H,2,6,8H2. The van der Waals surface area contributed by atoms with Gasteiger partial charge in [0.15, 0.2) is 0 Å². The molecule has 1 N–H and O–H groups in total. The first-order valence-electron chi connectivity index (χ1n) is 5.26. The Balaban J connectivity index is 2.04. The molecule has 0 aromatic rings. The number of allylic oxidation sites excluding steroid dienone is 5. The van der Waals surface area contributed by atoms with Crippen LogP contribution in [0.15, 0.2) is 48.1 Å². The molecule has 2 atom stereocenters. The second kappa shape index (κ2) is 4.43. The Bertz CT molecular complexity index is 307. The molecule has 0 aromatic carbocycles. The van der Waals surface area contributed by atoms with Crippen molar-refractivity contribution in [3.63, 3.8) is 0 Å². The van der Waals surface area contributed by atoms with Gasteiger partial charge in [0, 0.05) is 5.92 Å². The van der Waals surface area contributed by atoms with Gasteiger partial charge in [-0.3, -0.25) is 0 Å². The molecule has 0 saturated carbocycles. The Morgan fingerprint density at radius 1 is 1.21 bits per heavy atom. The summed E-state index contributed by atoms with van der Waals surface area (Å²) in [7, 11) is 0. The largest absolute Gasteiger partial charge is 0.388 e. The van der Waals surface area contributed by atoms with Crippen molar-refractivity contribution in [1.82, 2.24) is 0 Å². The van der Waals surface area contributed by atoms with E-state index in [1.165, 1.54) is 0 Å². The lowest BCUT2D eigenvalue weighted by atomic mass is 9.88. The van der Waals surface area contributed by atoms with Crippen molar-refractivity contribution in [2.75, 3.05) is 0 Å². The highest BCUT2D eigenvalue weighted by Gasteiger charge is 2.19. The quantitative estimate of drug-likeness (QED) is 0.706. The summed E-state index contributed by atoms with van der Waals surface area (Å²) in [5.74, 6) is 0.258. The second-order valence-corrected chi connectivity index (χ2v) is 3.84. The van der Waals surface area contributed by atoms with E-state index in [-0.39, 0.29) is 12.0 Å². The van der Waals surface area contributed by atoms with Crippen LogP contribution < -0.4 is 0 Å². The molecule has 0 bridgehead atoms. The average molecular weight is 188 g/mol. The van der Waals surface area contributed by atoms with Crippen LogP contribution >= 0.6 is 0 Å². The van der Waals surface area contributed by atoms with Crippen molar-refractivity contribution < 1.29 is 5.11 Å². The van der Waals surface area contributed by atoms with Crippen LogP contribution in [-0.2, 0) is 0 Å². The van der Waals surface area contributed by atoms with Gasteiger partial charge in [-0.15, -0.1) is 0 Å². The normalized spacial score (nSPS) is 27.5. The third kappa shape index (κ3) is 2.05. The number of hydrogen-bond donors (Lipinski definition) is 1. The van der Waals surface area contributed by atoms with E-state index < -0.39 is 0 Å². The predicted octanol–water partition coefficient (Wildman–Crippen LogP) is 2.76. The number of aliphatic hydroxyl groups excluding tert-OH is 1. The summed E-state index contributed by atoms with van der Waals surface area (Å²) in [6.45, 7) is 0. The molecule has 1 nitrogen and oxygen atoms in total. The first-order chi connectivity index (χ1) is 6.88. The molecule has 0 amide bonds. The summed E-state index contributed by atoms with van der Waals surface area (Å²) in [6.07, 6.45) is 17.4. The highest BCUT2D eigenvalue weighted by Crippen LogP contribution is 2.24. The van der Waals surface area contributed by atoms with Crippen LogP contribution in [-0.4, -0.2) is 11.2 Å². The van der Waals surface area contributed by atoms with Crippen molar-refractivity contribution in [3.8, 4) is 0 Å². The van der Waals surface area contributed by atoms with Crippen LogP contribution in [0.5, 0.6) is 0 Å². The topological polar surface area (TPSA) is 20.2 Å². The van der Waals surface area contributed by atoms with E-state index in [1.807, 2.05) is 12.2 Å². The smallest absolute Gasteiger partial charge is 0.0852 e. The van der Waals surface area contributed by atoms with E-state index in [0.717, 1.165) is 24.8 Å². The van der Waals surface area contributed by atoms with E-state index in [4.69, 9.17) is 0 Å². The van der Waals surface area contributed by atoms with Gasteiger partial charge in [-0.1, -0.05) is 42.5 Å². The van der Waals surface area contributed by atoms with Crippen molar-refractivity contribution in [2.24, 2.45) is 5.92 Å². The van der Waals surface area contributed by atoms with Gasteiger partial charge >= 0.3 is 0 Å². The molecule has 14 heavy (non-hydrogen) atoms. The van der Waals surface area contributed by atoms with Gasteiger partial charge in [0.1, 0.15) is 0 Å². The molecule has 0 aliphatic heterocycles. The molecule has 0 heterocycles. The molecule has 0 fully saturated rings. The molecule has 2 aliphatic rings. The summed E-state index contributed by atoms with van der Waals surface area (Å²) >= 11 is 0. The molecular weight excluding hydrogens is 172 g/mol.